The highest BCUT2D eigenvalue weighted by molar-refractivity contribution is 8.00. The normalized spacial score (nSPS) is 18.8. The van der Waals surface area contributed by atoms with E-state index in [9.17, 15) is 4.79 Å². The lowest BCUT2D eigenvalue weighted by molar-refractivity contribution is -0.143. The molecule has 3 aromatic rings. The van der Waals surface area contributed by atoms with Crippen LogP contribution in [-0.4, -0.2) is 36.0 Å². The molecule has 2 atom stereocenters. The van der Waals surface area contributed by atoms with Crippen LogP contribution in [0.4, 0.5) is 0 Å². The van der Waals surface area contributed by atoms with Gasteiger partial charge in [0.1, 0.15) is 11.8 Å². The Balaban J connectivity index is 1.69. The van der Waals surface area contributed by atoms with Crippen LogP contribution < -0.4 is 10.1 Å². The number of nitrogens with one attached hydrogen (secondary N) is 2. The fraction of sp³-hybridized carbons (Fsp3) is 0.375. The van der Waals surface area contributed by atoms with Gasteiger partial charge in [-0.25, -0.2) is 0 Å². The standard InChI is InChI=1S/C24H28N2O3S/c1-24(2,30-16-8-6-5-7-9-16)14-21-22-18(13-20(25-21)23(27)29-4)17-11-10-15(28-3)12-19(17)26-22/h5-12,20-21,25-26H,13-14H2,1-4H3. The monoisotopic (exact) mass is 424 g/mol. The van der Waals surface area contributed by atoms with Crippen LogP contribution in [0.3, 0.4) is 0 Å². The van der Waals surface area contributed by atoms with Gasteiger partial charge in [-0.3, -0.25) is 10.1 Å². The first-order valence-corrected chi connectivity index (χ1v) is 11.0. The molecule has 2 aromatic carbocycles. The lowest BCUT2D eigenvalue weighted by Crippen LogP contribution is -2.46. The van der Waals surface area contributed by atoms with Crippen LogP contribution in [0.5, 0.6) is 5.75 Å². The van der Waals surface area contributed by atoms with Gasteiger partial charge in [-0.1, -0.05) is 32.0 Å². The summed E-state index contributed by atoms with van der Waals surface area (Å²) in [6, 6.07) is 16.2. The molecule has 1 aliphatic heterocycles. The highest BCUT2D eigenvalue weighted by atomic mass is 32.2. The van der Waals surface area contributed by atoms with Crippen LogP contribution in [0.15, 0.2) is 53.4 Å². The van der Waals surface area contributed by atoms with Gasteiger partial charge in [0.25, 0.3) is 0 Å². The summed E-state index contributed by atoms with van der Waals surface area (Å²) in [6.45, 7) is 4.50. The molecule has 2 unspecified atom stereocenters. The number of thioether (sulfide) groups is 1. The molecule has 0 saturated heterocycles. The Labute approximate surface area is 181 Å². The number of fused-ring (bicyclic) bond motifs is 3. The van der Waals surface area contributed by atoms with Crippen molar-refractivity contribution in [2.45, 2.75) is 48.4 Å². The molecule has 0 fully saturated rings. The van der Waals surface area contributed by atoms with Gasteiger partial charge in [0.15, 0.2) is 0 Å². The predicted molar refractivity (Wildman–Crippen MR) is 121 cm³/mol. The van der Waals surface area contributed by atoms with Crippen molar-refractivity contribution in [2.75, 3.05) is 14.2 Å². The lowest BCUT2D eigenvalue weighted by Gasteiger charge is -2.35. The average molecular weight is 425 g/mol. The summed E-state index contributed by atoms with van der Waals surface area (Å²) in [5.74, 6) is 0.595. The highest BCUT2D eigenvalue weighted by Gasteiger charge is 2.36. The second-order valence-electron chi connectivity index (χ2n) is 8.31. The third kappa shape index (κ3) is 4.20. The van der Waals surface area contributed by atoms with Crippen molar-refractivity contribution in [3.63, 3.8) is 0 Å². The van der Waals surface area contributed by atoms with Crippen molar-refractivity contribution >= 4 is 28.6 Å². The van der Waals surface area contributed by atoms with Crippen molar-refractivity contribution in [3.05, 3.63) is 59.8 Å². The number of carbonyl (C=O) groups excluding carboxylic acids is 1. The third-order valence-electron chi connectivity index (χ3n) is 5.62. The Kier molecular flexibility index (Phi) is 5.80. The smallest absolute Gasteiger partial charge is 0.323 e. The Morgan fingerprint density at radius 1 is 1.17 bits per heavy atom. The Bertz CT molecular complexity index is 1050. The van der Waals surface area contributed by atoms with Gasteiger partial charge in [0.05, 0.1) is 14.2 Å². The van der Waals surface area contributed by atoms with Gasteiger partial charge in [0.2, 0.25) is 0 Å². The molecule has 4 rings (SSSR count). The fourth-order valence-corrected chi connectivity index (χ4v) is 5.47. The first-order chi connectivity index (χ1) is 14.4. The molecule has 0 radical (unpaired) electrons. The largest absolute Gasteiger partial charge is 0.497 e. The molecule has 158 valence electrons. The van der Waals surface area contributed by atoms with Gasteiger partial charge in [0, 0.05) is 44.8 Å². The number of rotatable bonds is 6. The SMILES string of the molecule is COC(=O)C1Cc2c([nH]c3cc(OC)ccc23)C(CC(C)(C)Sc2ccccc2)N1. The molecule has 0 amide bonds. The Morgan fingerprint density at radius 3 is 2.63 bits per heavy atom. The van der Waals surface area contributed by atoms with E-state index in [1.54, 1.807) is 7.11 Å². The van der Waals surface area contributed by atoms with E-state index in [1.807, 2.05) is 30.0 Å². The predicted octanol–water partition coefficient (Wildman–Crippen LogP) is 4.87. The third-order valence-corrected chi connectivity index (χ3v) is 6.85. The molecule has 0 saturated carbocycles. The number of hydrogen-bond acceptors (Lipinski definition) is 5. The van der Waals surface area contributed by atoms with E-state index in [-0.39, 0.29) is 22.8 Å². The quantitative estimate of drug-likeness (QED) is 0.437. The van der Waals surface area contributed by atoms with E-state index in [0.717, 1.165) is 28.8 Å². The number of H-pyrrole nitrogens is 1. The summed E-state index contributed by atoms with van der Waals surface area (Å²) >= 11 is 1.85. The zero-order valence-electron chi connectivity index (χ0n) is 17.8. The van der Waals surface area contributed by atoms with Crippen LogP contribution in [0, 0.1) is 0 Å². The minimum absolute atomic E-state index is 0.0162. The minimum Gasteiger partial charge on any atom is -0.497 e. The number of aromatic nitrogens is 1. The second kappa shape index (κ2) is 8.36. The van der Waals surface area contributed by atoms with Crippen LogP contribution in [0.2, 0.25) is 0 Å². The maximum Gasteiger partial charge on any atom is 0.323 e. The maximum atomic E-state index is 12.4. The van der Waals surface area contributed by atoms with Gasteiger partial charge >= 0.3 is 5.97 Å². The summed E-state index contributed by atoms with van der Waals surface area (Å²) in [5.41, 5.74) is 3.37. The zero-order valence-corrected chi connectivity index (χ0v) is 18.6. The molecule has 1 aromatic heterocycles. The molecular weight excluding hydrogens is 396 g/mol. The van der Waals surface area contributed by atoms with Crippen LogP contribution in [-0.2, 0) is 16.0 Å². The first kappa shape index (κ1) is 20.8. The van der Waals surface area contributed by atoms with Crippen molar-refractivity contribution in [1.82, 2.24) is 10.3 Å². The molecule has 30 heavy (non-hydrogen) atoms. The summed E-state index contributed by atoms with van der Waals surface area (Å²) < 4.78 is 10.4. The van der Waals surface area contributed by atoms with Gasteiger partial charge in [-0.15, -0.1) is 11.8 Å². The van der Waals surface area contributed by atoms with Crippen molar-refractivity contribution in [1.29, 1.82) is 0 Å². The Morgan fingerprint density at radius 2 is 1.93 bits per heavy atom. The average Bonchev–Trinajstić information content (AvgIpc) is 3.11. The summed E-state index contributed by atoms with van der Waals surface area (Å²) in [6.07, 6.45) is 1.47. The molecule has 2 N–H and O–H groups in total. The summed E-state index contributed by atoms with van der Waals surface area (Å²) in [4.78, 5) is 17.3. The van der Waals surface area contributed by atoms with E-state index < -0.39 is 0 Å². The number of hydrogen-bond donors (Lipinski definition) is 2. The molecule has 1 aliphatic rings. The van der Waals surface area contributed by atoms with E-state index in [4.69, 9.17) is 9.47 Å². The van der Waals surface area contributed by atoms with Gasteiger partial charge in [-0.2, -0.15) is 0 Å². The number of ether oxygens (including phenoxy) is 2. The number of esters is 1. The van der Waals surface area contributed by atoms with Crippen molar-refractivity contribution in [3.8, 4) is 5.75 Å². The van der Waals surface area contributed by atoms with E-state index in [2.05, 4.69) is 54.5 Å². The van der Waals surface area contributed by atoms with Crippen molar-refractivity contribution < 1.29 is 14.3 Å². The van der Waals surface area contributed by atoms with Crippen LogP contribution >= 0.6 is 11.8 Å². The molecule has 2 heterocycles. The minimum atomic E-state index is -0.355. The van der Waals surface area contributed by atoms with Gasteiger partial charge in [-0.05, 0) is 36.2 Å². The number of methoxy groups -OCH3 is 2. The van der Waals surface area contributed by atoms with Crippen LogP contribution in [0.1, 0.15) is 37.6 Å². The first-order valence-electron chi connectivity index (χ1n) is 10.2. The number of carbonyl (C=O) groups is 1. The molecule has 0 spiro atoms. The molecule has 6 heteroatoms. The second-order valence-corrected chi connectivity index (χ2v) is 10.1. The number of benzene rings is 2. The van der Waals surface area contributed by atoms with Crippen LogP contribution in [0.25, 0.3) is 10.9 Å². The van der Waals surface area contributed by atoms with E-state index in [0.29, 0.717) is 6.42 Å². The number of aromatic amines is 1. The topological polar surface area (TPSA) is 63.4 Å². The molecule has 0 bridgehead atoms. The fourth-order valence-electron chi connectivity index (χ4n) is 4.28. The zero-order chi connectivity index (χ0) is 21.3. The Hall–Kier alpha value is -2.44. The summed E-state index contributed by atoms with van der Waals surface area (Å²) in [7, 11) is 3.12. The molecule has 5 nitrogen and oxygen atoms in total. The molecular formula is C24H28N2O3S. The maximum absolute atomic E-state index is 12.4. The van der Waals surface area contributed by atoms with E-state index >= 15 is 0 Å². The van der Waals surface area contributed by atoms with Gasteiger partial charge < -0.3 is 14.5 Å². The highest BCUT2D eigenvalue weighted by Crippen LogP contribution is 2.42. The van der Waals surface area contributed by atoms with E-state index in [1.165, 1.54) is 17.6 Å². The lowest BCUT2D eigenvalue weighted by atomic mass is 9.89. The van der Waals surface area contributed by atoms with Crippen molar-refractivity contribution in [2.24, 2.45) is 0 Å². The summed E-state index contributed by atoms with van der Waals surface area (Å²) in [5, 5.41) is 4.68. The molecule has 0 aliphatic carbocycles.